The Balaban J connectivity index is 1.92. The predicted molar refractivity (Wildman–Crippen MR) is 104 cm³/mol. The number of benzene rings is 2. The van der Waals surface area contributed by atoms with Crippen molar-refractivity contribution in [1.82, 2.24) is 4.90 Å². The van der Waals surface area contributed by atoms with Gasteiger partial charge >= 0.3 is 5.97 Å². The molecule has 27 heavy (non-hydrogen) atoms. The van der Waals surface area contributed by atoms with Crippen LogP contribution in [0.15, 0.2) is 48.5 Å². The summed E-state index contributed by atoms with van der Waals surface area (Å²) >= 11 is 5.96. The molecule has 0 spiro atoms. The third-order valence-electron chi connectivity index (χ3n) is 3.93. The average molecular weight is 389 g/mol. The molecule has 0 aliphatic carbocycles. The Morgan fingerprint density at radius 3 is 2.41 bits per heavy atom. The molecule has 2 amide bonds. The number of amides is 2. The molecule has 0 fully saturated rings. The molecule has 1 N–H and O–H groups in total. The van der Waals surface area contributed by atoms with Gasteiger partial charge in [0, 0.05) is 24.2 Å². The van der Waals surface area contributed by atoms with Gasteiger partial charge in [0.15, 0.2) is 0 Å². The van der Waals surface area contributed by atoms with E-state index in [1.54, 1.807) is 30.3 Å². The first kappa shape index (κ1) is 20.5. The monoisotopic (exact) mass is 388 g/mol. The van der Waals surface area contributed by atoms with Crippen molar-refractivity contribution in [2.24, 2.45) is 0 Å². The Hall–Kier alpha value is -2.86. The summed E-state index contributed by atoms with van der Waals surface area (Å²) in [4.78, 5) is 37.0. The highest BCUT2D eigenvalue weighted by molar-refractivity contribution is 6.30. The third kappa shape index (κ3) is 6.42. The van der Waals surface area contributed by atoms with Crippen molar-refractivity contribution >= 4 is 35.1 Å². The number of ether oxygens (including phenoxy) is 1. The smallest absolute Gasteiger partial charge is 0.337 e. The van der Waals surface area contributed by atoms with Crippen LogP contribution in [0.1, 0.15) is 22.8 Å². The van der Waals surface area contributed by atoms with Crippen molar-refractivity contribution in [2.45, 2.75) is 13.3 Å². The van der Waals surface area contributed by atoms with E-state index in [0.717, 1.165) is 5.56 Å². The van der Waals surface area contributed by atoms with E-state index < -0.39 is 5.97 Å². The van der Waals surface area contributed by atoms with E-state index in [2.05, 4.69) is 10.1 Å². The number of halogens is 1. The lowest BCUT2D eigenvalue weighted by Crippen LogP contribution is -2.38. The first-order valence-corrected chi connectivity index (χ1v) is 8.75. The number of carbonyl (C=O) groups excluding carboxylic acids is 3. The van der Waals surface area contributed by atoms with Crippen molar-refractivity contribution in [2.75, 3.05) is 25.5 Å². The third-order valence-corrected chi connectivity index (χ3v) is 4.16. The van der Waals surface area contributed by atoms with Crippen LogP contribution in [-0.4, -0.2) is 42.9 Å². The first-order chi connectivity index (χ1) is 12.9. The lowest BCUT2D eigenvalue weighted by Gasteiger charge is -2.20. The fraction of sp³-hybridized carbons (Fsp3) is 0.250. The van der Waals surface area contributed by atoms with Crippen LogP contribution in [0, 0.1) is 0 Å². The van der Waals surface area contributed by atoms with Crippen molar-refractivity contribution in [3.05, 3.63) is 64.7 Å². The molecule has 0 atom stereocenters. The number of hydrogen-bond donors (Lipinski definition) is 1. The normalized spacial score (nSPS) is 10.2. The van der Waals surface area contributed by atoms with Crippen molar-refractivity contribution in [3.8, 4) is 0 Å². The predicted octanol–water partition coefficient (Wildman–Crippen LogP) is 3.16. The van der Waals surface area contributed by atoms with Crippen LogP contribution in [0.4, 0.5) is 5.69 Å². The van der Waals surface area contributed by atoms with Crippen LogP contribution in [-0.2, 0) is 20.7 Å². The maximum atomic E-state index is 12.2. The van der Waals surface area contributed by atoms with Gasteiger partial charge in [-0.2, -0.15) is 0 Å². The van der Waals surface area contributed by atoms with Gasteiger partial charge in [0.05, 0.1) is 19.2 Å². The zero-order chi connectivity index (χ0) is 19.8. The van der Waals surface area contributed by atoms with Gasteiger partial charge in [-0.3, -0.25) is 9.59 Å². The Morgan fingerprint density at radius 2 is 1.81 bits per heavy atom. The number of nitrogens with one attached hydrogen (secondary N) is 1. The van der Waals surface area contributed by atoms with Crippen LogP contribution in [0.5, 0.6) is 0 Å². The Kier molecular flexibility index (Phi) is 7.37. The van der Waals surface area contributed by atoms with E-state index in [0.29, 0.717) is 29.2 Å². The van der Waals surface area contributed by atoms with Gasteiger partial charge in [0.25, 0.3) is 0 Å². The molecule has 0 saturated heterocycles. The van der Waals surface area contributed by atoms with Gasteiger partial charge in [0.1, 0.15) is 0 Å². The summed E-state index contributed by atoms with van der Waals surface area (Å²) in [6.45, 7) is 1.77. The van der Waals surface area contributed by atoms with Gasteiger partial charge in [0.2, 0.25) is 11.8 Å². The number of methoxy groups -OCH3 is 1. The van der Waals surface area contributed by atoms with Crippen LogP contribution < -0.4 is 5.32 Å². The molecule has 0 unspecified atom stereocenters. The van der Waals surface area contributed by atoms with E-state index >= 15 is 0 Å². The van der Waals surface area contributed by atoms with Gasteiger partial charge in [-0.25, -0.2) is 4.79 Å². The fourth-order valence-electron chi connectivity index (χ4n) is 2.49. The molecule has 0 bridgehead atoms. The Morgan fingerprint density at radius 1 is 1.11 bits per heavy atom. The van der Waals surface area contributed by atoms with Crippen LogP contribution in [0.3, 0.4) is 0 Å². The highest BCUT2D eigenvalue weighted by atomic mass is 35.5. The van der Waals surface area contributed by atoms with Gasteiger partial charge < -0.3 is 15.0 Å². The van der Waals surface area contributed by atoms with Crippen LogP contribution in [0.2, 0.25) is 5.02 Å². The highest BCUT2D eigenvalue weighted by Gasteiger charge is 2.14. The zero-order valence-electron chi connectivity index (χ0n) is 15.2. The minimum absolute atomic E-state index is 0.0609. The standard InChI is InChI=1S/C20H21ClN2O4/c1-14(24)23(11-10-15-4-3-5-17(21)12-15)13-19(25)22-18-8-6-16(7-9-18)20(26)27-2/h3-9,12H,10-11,13H2,1-2H3,(H,22,25). The van der Waals surface area contributed by atoms with E-state index in [9.17, 15) is 14.4 Å². The second kappa shape index (κ2) is 9.73. The summed E-state index contributed by atoms with van der Waals surface area (Å²) < 4.78 is 4.63. The van der Waals surface area contributed by atoms with Gasteiger partial charge in [-0.05, 0) is 48.4 Å². The number of esters is 1. The van der Waals surface area contributed by atoms with E-state index in [-0.39, 0.29) is 18.4 Å². The summed E-state index contributed by atoms with van der Waals surface area (Å²) in [5, 5.41) is 3.35. The number of anilines is 1. The van der Waals surface area contributed by atoms with Crippen molar-refractivity contribution < 1.29 is 19.1 Å². The number of hydrogen-bond acceptors (Lipinski definition) is 4. The molecule has 0 radical (unpaired) electrons. The van der Waals surface area contributed by atoms with E-state index in [1.807, 2.05) is 18.2 Å². The maximum absolute atomic E-state index is 12.2. The minimum Gasteiger partial charge on any atom is -0.465 e. The largest absolute Gasteiger partial charge is 0.465 e. The molecular weight excluding hydrogens is 368 g/mol. The van der Waals surface area contributed by atoms with Gasteiger partial charge in [-0.15, -0.1) is 0 Å². The molecular formula is C20H21ClN2O4. The van der Waals surface area contributed by atoms with E-state index in [4.69, 9.17) is 11.6 Å². The molecule has 0 aliphatic rings. The molecule has 0 aromatic heterocycles. The Labute approximate surface area is 163 Å². The molecule has 2 aromatic rings. The second-order valence-electron chi connectivity index (χ2n) is 5.94. The van der Waals surface area contributed by atoms with Crippen molar-refractivity contribution in [3.63, 3.8) is 0 Å². The topological polar surface area (TPSA) is 75.7 Å². The Bertz CT molecular complexity index is 821. The lowest BCUT2D eigenvalue weighted by atomic mass is 10.1. The highest BCUT2D eigenvalue weighted by Crippen LogP contribution is 2.12. The SMILES string of the molecule is COC(=O)c1ccc(NC(=O)CN(CCc2cccc(Cl)c2)C(C)=O)cc1. The second-order valence-corrected chi connectivity index (χ2v) is 6.37. The minimum atomic E-state index is -0.448. The van der Waals surface area contributed by atoms with Crippen molar-refractivity contribution in [1.29, 1.82) is 0 Å². The average Bonchev–Trinajstić information content (AvgIpc) is 2.65. The maximum Gasteiger partial charge on any atom is 0.337 e. The number of carbonyl (C=O) groups is 3. The molecule has 2 rings (SSSR count). The van der Waals surface area contributed by atoms with E-state index in [1.165, 1.54) is 18.9 Å². The summed E-state index contributed by atoms with van der Waals surface area (Å²) in [6, 6.07) is 13.7. The molecule has 7 heteroatoms. The molecule has 0 aliphatic heterocycles. The zero-order valence-corrected chi connectivity index (χ0v) is 16.0. The van der Waals surface area contributed by atoms with Crippen LogP contribution in [0.25, 0.3) is 0 Å². The quantitative estimate of drug-likeness (QED) is 0.739. The van der Waals surface area contributed by atoms with Crippen LogP contribution >= 0.6 is 11.6 Å². The fourth-order valence-corrected chi connectivity index (χ4v) is 2.70. The lowest BCUT2D eigenvalue weighted by molar-refractivity contribution is -0.132. The molecule has 6 nitrogen and oxygen atoms in total. The number of nitrogens with zero attached hydrogens (tertiary/aromatic N) is 1. The first-order valence-electron chi connectivity index (χ1n) is 8.37. The summed E-state index contributed by atoms with van der Waals surface area (Å²) in [6.07, 6.45) is 0.598. The summed E-state index contributed by atoms with van der Waals surface area (Å²) in [5.74, 6) is -0.952. The van der Waals surface area contributed by atoms with Gasteiger partial charge in [-0.1, -0.05) is 23.7 Å². The molecule has 0 saturated carbocycles. The number of rotatable bonds is 7. The molecule has 2 aromatic carbocycles. The molecule has 142 valence electrons. The molecule has 0 heterocycles. The summed E-state index contributed by atoms with van der Waals surface area (Å²) in [7, 11) is 1.30. The summed E-state index contributed by atoms with van der Waals surface area (Å²) in [5.41, 5.74) is 1.92.